The van der Waals surface area contributed by atoms with Crippen LogP contribution in [-0.4, -0.2) is 24.8 Å². The summed E-state index contributed by atoms with van der Waals surface area (Å²) >= 11 is 0. The van der Waals surface area contributed by atoms with Crippen molar-refractivity contribution in [3.05, 3.63) is 29.3 Å². The number of anilines is 1. The Morgan fingerprint density at radius 2 is 2.00 bits per heavy atom. The molecule has 2 rings (SSSR count). The molecule has 0 saturated heterocycles. The largest absolute Gasteiger partial charge is 0.410 e. The molecule has 0 radical (unpaired) electrons. The molecule has 1 aromatic rings. The van der Waals surface area contributed by atoms with Gasteiger partial charge in [-0.25, -0.2) is 0 Å². The van der Waals surface area contributed by atoms with E-state index in [4.69, 9.17) is 5.73 Å². The van der Waals surface area contributed by atoms with Crippen molar-refractivity contribution in [2.45, 2.75) is 44.9 Å². The third kappa shape index (κ3) is 2.86. The van der Waals surface area contributed by atoms with Crippen LogP contribution in [0, 0.1) is 6.92 Å². The van der Waals surface area contributed by atoms with Gasteiger partial charge in [-0.1, -0.05) is 17.7 Å². The Labute approximate surface area is 111 Å². The number of fused-ring (bicyclic) bond motifs is 1. The number of nitrogens with two attached hydrogens (primary N) is 1. The number of hydrogen-bond acceptors (Lipinski definition) is 2. The highest BCUT2D eigenvalue weighted by Gasteiger charge is 2.46. The second kappa shape index (κ2) is 5.04. The molecular formula is C14H19F3N2. The summed E-state index contributed by atoms with van der Waals surface area (Å²) in [6, 6.07) is 3.04. The molecular weight excluding hydrogens is 253 g/mol. The molecule has 19 heavy (non-hydrogen) atoms. The second-order valence-electron chi connectivity index (χ2n) is 5.27. The maximum absolute atomic E-state index is 13.2. The molecule has 2 atom stereocenters. The van der Waals surface area contributed by atoms with E-state index in [1.165, 1.54) is 11.8 Å². The van der Waals surface area contributed by atoms with Crippen LogP contribution in [0.15, 0.2) is 18.2 Å². The quantitative estimate of drug-likeness (QED) is 0.896. The number of alkyl halides is 3. The lowest BCUT2D eigenvalue weighted by molar-refractivity contribution is -0.152. The fourth-order valence-electron chi connectivity index (χ4n) is 2.80. The molecule has 0 amide bonds. The Morgan fingerprint density at radius 1 is 1.32 bits per heavy atom. The average Bonchev–Trinajstić information content (AvgIpc) is 2.26. The summed E-state index contributed by atoms with van der Waals surface area (Å²) in [5.41, 5.74) is 8.32. The van der Waals surface area contributed by atoms with Crippen molar-refractivity contribution in [2.75, 3.05) is 11.4 Å². The summed E-state index contributed by atoms with van der Waals surface area (Å²) in [4.78, 5) is 1.42. The zero-order chi connectivity index (χ0) is 14.2. The van der Waals surface area contributed by atoms with Gasteiger partial charge >= 0.3 is 6.18 Å². The zero-order valence-electron chi connectivity index (χ0n) is 11.2. The summed E-state index contributed by atoms with van der Waals surface area (Å²) in [5.74, 6) is 0. The molecule has 1 heterocycles. The van der Waals surface area contributed by atoms with Crippen molar-refractivity contribution in [1.29, 1.82) is 0 Å². The Hall–Kier alpha value is -1.23. The minimum atomic E-state index is -4.31. The van der Waals surface area contributed by atoms with E-state index in [1.54, 1.807) is 6.07 Å². The van der Waals surface area contributed by atoms with E-state index in [2.05, 4.69) is 0 Å². The van der Waals surface area contributed by atoms with Crippen LogP contribution in [0.25, 0.3) is 0 Å². The third-order valence-corrected chi connectivity index (χ3v) is 3.56. The van der Waals surface area contributed by atoms with Gasteiger partial charge in [0.05, 0.1) is 0 Å². The van der Waals surface area contributed by atoms with Crippen LogP contribution in [0.5, 0.6) is 0 Å². The molecule has 0 spiro atoms. The fraction of sp³-hybridized carbons (Fsp3) is 0.571. The normalized spacial score (nSPS) is 18.9. The van der Waals surface area contributed by atoms with Crippen LogP contribution in [-0.2, 0) is 6.42 Å². The second-order valence-corrected chi connectivity index (χ2v) is 5.27. The lowest BCUT2D eigenvalue weighted by atomic mass is 9.96. The van der Waals surface area contributed by atoms with Crippen LogP contribution in [0.4, 0.5) is 18.9 Å². The molecule has 5 heteroatoms. The standard InChI is InChI=1S/C14H19F3N2/c1-9-5-6-12-11(8-9)4-3-7-19(12)13(10(2)18)14(15,16)17/h5-6,8,10,13H,3-4,7,18H2,1-2H3. The minimum Gasteiger partial charge on any atom is -0.358 e. The third-order valence-electron chi connectivity index (χ3n) is 3.56. The van der Waals surface area contributed by atoms with Crippen molar-refractivity contribution in [2.24, 2.45) is 5.73 Å². The Morgan fingerprint density at radius 3 is 2.58 bits per heavy atom. The Bertz CT molecular complexity index is 454. The summed E-state index contributed by atoms with van der Waals surface area (Å²) in [5, 5.41) is 0. The zero-order valence-corrected chi connectivity index (χ0v) is 11.2. The maximum Gasteiger partial charge on any atom is 0.410 e. The van der Waals surface area contributed by atoms with Gasteiger partial charge in [0.1, 0.15) is 6.04 Å². The van der Waals surface area contributed by atoms with Crippen LogP contribution in [0.3, 0.4) is 0 Å². The number of nitrogens with zero attached hydrogens (tertiary/aromatic N) is 1. The highest BCUT2D eigenvalue weighted by molar-refractivity contribution is 5.58. The van der Waals surface area contributed by atoms with E-state index in [-0.39, 0.29) is 0 Å². The molecule has 1 aliphatic heterocycles. The van der Waals surface area contributed by atoms with Crippen LogP contribution >= 0.6 is 0 Å². The van der Waals surface area contributed by atoms with Gasteiger partial charge in [-0.15, -0.1) is 0 Å². The molecule has 0 aliphatic carbocycles. The van der Waals surface area contributed by atoms with Gasteiger partial charge in [-0.05, 0) is 38.3 Å². The molecule has 1 aliphatic rings. The van der Waals surface area contributed by atoms with Gasteiger partial charge < -0.3 is 10.6 Å². The summed E-state index contributed by atoms with van der Waals surface area (Å²) in [7, 11) is 0. The molecule has 0 saturated carbocycles. The number of hydrogen-bond donors (Lipinski definition) is 1. The number of benzene rings is 1. The lowest BCUT2D eigenvalue weighted by Crippen LogP contribution is -2.56. The molecule has 0 aromatic heterocycles. The number of aryl methyl sites for hydroxylation is 2. The van der Waals surface area contributed by atoms with E-state index in [0.29, 0.717) is 12.2 Å². The predicted octanol–water partition coefficient (Wildman–Crippen LogP) is 3.03. The van der Waals surface area contributed by atoms with Crippen molar-refractivity contribution < 1.29 is 13.2 Å². The first-order chi connectivity index (χ1) is 8.80. The lowest BCUT2D eigenvalue weighted by Gasteiger charge is -2.40. The van der Waals surface area contributed by atoms with Gasteiger partial charge in [-0.3, -0.25) is 0 Å². The van der Waals surface area contributed by atoms with Crippen molar-refractivity contribution in [3.63, 3.8) is 0 Å². The SMILES string of the molecule is Cc1ccc2c(c1)CCCN2C(C(C)N)C(F)(F)F. The van der Waals surface area contributed by atoms with Gasteiger partial charge in [0.2, 0.25) is 0 Å². The molecule has 2 unspecified atom stereocenters. The number of halogens is 3. The average molecular weight is 272 g/mol. The maximum atomic E-state index is 13.2. The van der Waals surface area contributed by atoms with Gasteiger partial charge in [0.25, 0.3) is 0 Å². The van der Waals surface area contributed by atoms with E-state index in [1.807, 2.05) is 19.1 Å². The molecule has 0 bridgehead atoms. The van der Waals surface area contributed by atoms with Crippen molar-refractivity contribution in [3.8, 4) is 0 Å². The highest BCUT2D eigenvalue weighted by atomic mass is 19.4. The smallest absolute Gasteiger partial charge is 0.358 e. The first kappa shape index (κ1) is 14.2. The molecule has 2 N–H and O–H groups in total. The fourth-order valence-corrected chi connectivity index (χ4v) is 2.80. The number of rotatable bonds is 2. The van der Waals surface area contributed by atoms with Gasteiger partial charge in [0, 0.05) is 18.3 Å². The van der Waals surface area contributed by atoms with E-state index in [0.717, 1.165) is 24.0 Å². The first-order valence-electron chi connectivity index (χ1n) is 6.49. The Kier molecular flexibility index (Phi) is 3.76. The molecule has 1 aromatic carbocycles. The predicted molar refractivity (Wildman–Crippen MR) is 70.3 cm³/mol. The summed E-state index contributed by atoms with van der Waals surface area (Å²) < 4.78 is 39.6. The van der Waals surface area contributed by atoms with Crippen LogP contribution in [0.2, 0.25) is 0 Å². The highest BCUT2D eigenvalue weighted by Crippen LogP contribution is 2.35. The molecule has 106 valence electrons. The van der Waals surface area contributed by atoms with Crippen LogP contribution in [0.1, 0.15) is 24.5 Å². The topological polar surface area (TPSA) is 29.3 Å². The molecule has 2 nitrogen and oxygen atoms in total. The summed E-state index contributed by atoms with van der Waals surface area (Å²) in [6.45, 7) is 3.77. The summed E-state index contributed by atoms with van der Waals surface area (Å²) in [6.07, 6.45) is -2.75. The Balaban J connectivity index is 2.42. The van der Waals surface area contributed by atoms with E-state index in [9.17, 15) is 13.2 Å². The molecule has 0 fully saturated rings. The first-order valence-corrected chi connectivity index (χ1v) is 6.49. The van der Waals surface area contributed by atoms with Gasteiger partial charge in [-0.2, -0.15) is 13.2 Å². The van der Waals surface area contributed by atoms with Crippen molar-refractivity contribution >= 4 is 5.69 Å². The van der Waals surface area contributed by atoms with Gasteiger partial charge in [0.15, 0.2) is 0 Å². The van der Waals surface area contributed by atoms with E-state index >= 15 is 0 Å². The minimum absolute atomic E-state index is 0.405. The van der Waals surface area contributed by atoms with Crippen molar-refractivity contribution in [1.82, 2.24) is 0 Å². The van der Waals surface area contributed by atoms with Crippen LogP contribution < -0.4 is 10.6 Å². The monoisotopic (exact) mass is 272 g/mol. The van der Waals surface area contributed by atoms with E-state index < -0.39 is 18.3 Å².